The molecule has 0 bridgehead atoms. The molecule has 2 N–H and O–H groups in total. The van der Waals surface area contributed by atoms with Gasteiger partial charge < -0.3 is 10.4 Å². The van der Waals surface area contributed by atoms with Crippen molar-refractivity contribution in [3.63, 3.8) is 0 Å². The number of hydrogen-bond donors (Lipinski definition) is 2. The highest BCUT2D eigenvalue weighted by Crippen LogP contribution is 2.26. The summed E-state index contributed by atoms with van der Waals surface area (Å²) in [5.41, 5.74) is 0.883. The number of aliphatic hydroxyl groups excluding tert-OH is 1. The SMILES string of the molecule is O=C(NC[C@@H](O)c1ccsc1)C1CCC1. The first kappa shape index (κ1) is 10.6. The van der Waals surface area contributed by atoms with Crippen LogP contribution in [0.25, 0.3) is 0 Å². The van der Waals surface area contributed by atoms with Crippen LogP contribution in [0.15, 0.2) is 16.8 Å². The molecule has 2 rings (SSSR count). The van der Waals surface area contributed by atoms with Crippen molar-refractivity contribution < 1.29 is 9.90 Å². The molecule has 0 radical (unpaired) electrons. The van der Waals surface area contributed by atoms with Gasteiger partial charge in [-0.2, -0.15) is 11.3 Å². The lowest BCUT2D eigenvalue weighted by Crippen LogP contribution is -2.36. The molecule has 1 aromatic rings. The van der Waals surface area contributed by atoms with Crippen molar-refractivity contribution in [2.75, 3.05) is 6.54 Å². The quantitative estimate of drug-likeness (QED) is 0.819. The summed E-state index contributed by atoms with van der Waals surface area (Å²) in [7, 11) is 0. The van der Waals surface area contributed by atoms with E-state index in [1.54, 1.807) is 11.3 Å². The van der Waals surface area contributed by atoms with Gasteiger partial charge in [0.15, 0.2) is 0 Å². The Hall–Kier alpha value is -0.870. The van der Waals surface area contributed by atoms with Crippen molar-refractivity contribution in [2.24, 2.45) is 5.92 Å². The molecule has 1 heterocycles. The molecule has 0 spiro atoms. The van der Waals surface area contributed by atoms with Gasteiger partial charge in [0.25, 0.3) is 0 Å². The fourth-order valence-corrected chi connectivity index (χ4v) is 2.30. The zero-order valence-electron chi connectivity index (χ0n) is 8.48. The van der Waals surface area contributed by atoms with Crippen LogP contribution in [0.1, 0.15) is 30.9 Å². The maximum atomic E-state index is 11.5. The van der Waals surface area contributed by atoms with Gasteiger partial charge in [-0.15, -0.1) is 0 Å². The first-order valence-corrected chi connectivity index (χ1v) is 6.19. The van der Waals surface area contributed by atoms with Gasteiger partial charge in [-0.1, -0.05) is 6.42 Å². The van der Waals surface area contributed by atoms with Crippen LogP contribution in [-0.4, -0.2) is 17.6 Å². The Kier molecular flexibility index (Phi) is 3.38. The lowest BCUT2D eigenvalue weighted by atomic mass is 9.85. The van der Waals surface area contributed by atoms with Crippen LogP contribution >= 0.6 is 11.3 Å². The predicted octanol–water partition coefficient (Wildman–Crippen LogP) is 1.70. The highest BCUT2D eigenvalue weighted by atomic mass is 32.1. The first-order valence-electron chi connectivity index (χ1n) is 5.25. The van der Waals surface area contributed by atoms with E-state index in [9.17, 15) is 9.90 Å². The lowest BCUT2D eigenvalue weighted by molar-refractivity contribution is -0.127. The molecule has 4 heteroatoms. The van der Waals surface area contributed by atoms with Crippen molar-refractivity contribution >= 4 is 17.2 Å². The van der Waals surface area contributed by atoms with Gasteiger partial charge in [-0.05, 0) is 35.2 Å². The summed E-state index contributed by atoms with van der Waals surface area (Å²) in [6.07, 6.45) is 2.59. The van der Waals surface area contributed by atoms with E-state index in [0.717, 1.165) is 24.8 Å². The molecule has 1 saturated carbocycles. The van der Waals surface area contributed by atoms with Gasteiger partial charge in [-0.25, -0.2) is 0 Å². The van der Waals surface area contributed by atoms with Gasteiger partial charge in [0.05, 0.1) is 6.10 Å². The third kappa shape index (κ3) is 2.58. The normalized spacial score (nSPS) is 18.2. The van der Waals surface area contributed by atoms with Crippen LogP contribution in [0.5, 0.6) is 0 Å². The van der Waals surface area contributed by atoms with E-state index >= 15 is 0 Å². The van der Waals surface area contributed by atoms with Crippen LogP contribution in [0.3, 0.4) is 0 Å². The molecule has 1 aromatic heterocycles. The van der Waals surface area contributed by atoms with Crippen LogP contribution in [0.4, 0.5) is 0 Å². The molecule has 0 aromatic carbocycles. The van der Waals surface area contributed by atoms with E-state index in [1.807, 2.05) is 16.8 Å². The molecular weight excluding hydrogens is 210 g/mol. The molecule has 0 aliphatic heterocycles. The van der Waals surface area contributed by atoms with E-state index < -0.39 is 6.10 Å². The second kappa shape index (κ2) is 4.77. The van der Waals surface area contributed by atoms with Crippen molar-refractivity contribution in [1.82, 2.24) is 5.32 Å². The van der Waals surface area contributed by atoms with Gasteiger partial charge in [0.2, 0.25) is 5.91 Å². The standard InChI is InChI=1S/C11H15NO2S/c13-10(9-4-5-15-7-9)6-12-11(14)8-2-1-3-8/h4-5,7-8,10,13H,1-3,6H2,(H,12,14)/t10-/m1/s1. The number of aliphatic hydroxyl groups is 1. The van der Waals surface area contributed by atoms with Crippen molar-refractivity contribution in [3.05, 3.63) is 22.4 Å². The molecule has 15 heavy (non-hydrogen) atoms. The van der Waals surface area contributed by atoms with E-state index in [0.29, 0.717) is 6.54 Å². The molecule has 1 aliphatic rings. The highest BCUT2D eigenvalue weighted by Gasteiger charge is 2.25. The zero-order chi connectivity index (χ0) is 10.7. The smallest absolute Gasteiger partial charge is 0.223 e. The number of amides is 1. The number of thiophene rings is 1. The summed E-state index contributed by atoms with van der Waals surface area (Å²) in [4.78, 5) is 11.5. The second-order valence-corrected chi connectivity index (χ2v) is 4.73. The van der Waals surface area contributed by atoms with E-state index in [2.05, 4.69) is 5.32 Å². The Labute approximate surface area is 93.1 Å². The summed E-state index contributed by atoms with van der Waals surface area (Å²) in [5, 5.41) is 16.3. The second-order valence-electron chi connectivity index (χ2n) is 3.95. The summed E-state index contributed by atoms with van der Waals surface area (Å²) in [6, 6.07) is 1.88. The van der Waals surface area contributed by atoms with Gasteiger partial charge in [-0.3, -0.25) is 4.79 Å². The Morgan fingerprint density at radius 2 is 2.47 bits per heavy atom. The number of nitrogens with one attached hydrogen (secondary N) is 1. The maximum Gasteiger partial charge on any atom is 0.223 e. The van der Waals surface area contributed by atoms with E-state index in [1.165, 1.54) is 0 Å². The molecule has 0 saturated heterocycles. The Balaban J connectivity index is 1.75. The number of hydrogen-bond acceptors (Lipinski definition) is 3. The topological polar surface area (TPSA) is 49.3 Å². The molecule has 82 valence electrons. The highest BCUT2D eigenvalue weighted by molar-refractivity contribution is 7.07. The Morgan fingerprint density at radius 1 is 1.67 bits per heavy atom. The van der Waals surface area contributed by atoms with Gasteiger partial charge in [0, 0.05) is 12.5 Å². The molecule has 3 nitrogen and oxygen atoms in total. The van der Waals surface area contributed by atoms with Crippen LogP contribution in [0.2, 0.25) is 0 Å². The van der Waals surface area contributed by atoms with Crippen molar-refractivity contribution in [1.29, 1.82) is 0 Å². The summed E-state index contributed by atoms with van der Waals surface area (Å²) >= 11 is 1.55. The number of rotatable bonds is 4. The fourth-order valence-electron chi connectivity index (χ4n) is 1.59. The van der Waals surface area contributed by atoms with Gasteiger partial charge >= 0.3 is 0 Å². The molecule has 0 unspecified atom stereocenters. The third-order valence-corrected chi connectivity index (χ3v) is 3.58. The minimum Gasteiger partial charge on any atom is -0.387 e. The summed E-state index contributed by atoms with van der Waals surface area (Å²) in [5.74, 6) is 0.287. The maximum absolute atomic E-state index is 11.5. The number of carbonyl (C=O) groups excluding carboxylic acids is 1. The number of carbonyl (C=O) groups is 1. The Bertz CT molecular complexity index is 319. The first-order chi connectivity index (χ1) is 7.27. The minimum absolute atomic E-state index is 0.0931. The fraction of sp³-hybridized carbons (Fsp3) is 0.545. The van der Waals surface area contributed by atoms with Crippen molar-refractivity contribution in [2.45, 2.75) is 25.4 Å². The van der Waals surface area contributed by atoms with E-state index in [-0.39, 0.29) is 11.8 Å². The van der Waals surface area contributed by atoms with Crippen LogP contribution in [-0.2, 0) is 4.79 Å². The monoisotopic (exact) mass is 225 g/mol. The third-order valence-electron chi connectivity index (χ3n) is 2.87. The summed E-state index contributed by atoms with van der Waals surface area (Å²) in [6.45, 7) is 0.325. The molecule has 1 aliphatic carbocycles. The zero-order valence-corrected chi connectivity index (χ0v) is 9.30. The Morgan fingerprint density at radius 3 is 3.00 bits per heavy atom. The van der Waals surface area contributed by atoms with Crippen molar-refractivity contribution in [3.8, 4) is 0 Å². The van der Waals surface area contributed by atoms with Crippen LogP contribution < -0.4 is 5.32 Å². The molecular formula is C11H15NO2S. The average molecular weight is 225 g/mol. The molecule has 1 amide bonds. The van der Waals surface area contributed by atoms with Gasteiger partial charge in [0.1, 0.15) is 0 Å². The molecule has 1 fully saturated rings. The molecule has 1 atom stereocenters. The summed E-state index contributed by atoms with van der Waals surface area (Å²) < 4.78 is 0. The predicted molar refractivity (Wildman–Crippen MR) is 59.6 cm³/mol. The van der Waals surface area contributed by atoms with Crippen LogP contribution in [0, 0.1) is 5.92 Å². The lowest BCUT2D eigenvalue weighted by Gasteiger charge is -2.24. The van der Waals surface area contributed by atoms with E-state index in [4.69, 9.17) is 0 Å². The largest absolute Gasteiger partial charge is 0.387 e. The average Bonchev–Trinajstić information content (AvgIpc) is 2.63. The minimum atomic E-state index is -0.569.